The van der Waals surface area contributed by atoms with E-state index < -0.39 is 0 Å². The first-order valence-corrected chi connectivity index (χ1v) is 6.04. The number of thiazole rings is 1. The van der Waals surface area contributed by atoms with E-state index in [1.165, 1.54) is 0 Å². The molecule has 0 spiro atoms. The summed E-state index contributed by atoms with van der Waals surface area (Å²) in [7, 11) is 1.96. The minimum atomic E-state index is 0.576. The van der Waals surface area contributed by atoms with Gasteiger partial charge in [-0.2, -0.15) is 0 Å². The second kappa shape index (κ2) is 4.31. The third-order valence-corrected chi connectivity index (χ3v) is 3.64. The molecule has 1 aromatic carbocycles. The largest absolute Gasteiger partial charge is 0.397 e. The predicted octanol–water partition coefficient (Wildman–Crippen LogP) is 3.46. The molecule has 0 saturated heterocycles. The van der Waals surface area contributed by atoms with Gasteiger partial charge in [0.05, 0.1) is 16.4 Å². The Morgan fingerprint density at radius 3 is 2.75 bits per heavy atom. The number of hydrogen-bond donors (Lipinski definition) is 1. The Kier molecular flexibility index (Phi) is 3.03. The van der Waals surface area contributed by atoms with E-state index in [-0.39, 0.29) is 0 Å². The summed E-state index contributed by atoms with van der Waals surface area (Å²) < 4.78 is 0. The zero-order valence-electron chi connectivity index (χ0n) is 9.07. The average Bonchev–Trinajstić information content (AvgIpc) is 2.68. The fraction of sp³-hybridized carbons (Fsp3) is 0.182. The van der Waals surface area contributed by atoms with Crippen LogP contribution in [0.1, 0.15) is 5.69 Å². The van der Waals surface area contributed by atoms with Crippen molar-refractivity contribution in [2.24, 2.45) is 0 Å². The maximum Gasteiger partial charge on any atom is 0.189 e. The summed E-state index contributed by atoms with van der Waals surface area (Å²) in [4.78, 5) is 6.40. The number of aryl methyl sites for hydroxylation is 1. The number of benzene rings is 1. The number of halogens is 1. The lowest BCUT2D eigenvalue weighted by Crippen LogP contribution is -2.09. The highest BCUT2D eigenvalue weighted by Crippen LogP contribution is 2.30. The number of rotatable bonds is 2. The summed E-state index contributed by atoms with van der Waals surface area (Å²) in [5.41, 5.74) is 8.35. The minimum absolute atomic E-state index is 0.576. The van der Waals surface area contributed by atoms with Gasteiger partial charge in [-0.1, -0.05) is 11.6 Å². The molecule has 0 aliphatic heterocycles. The van der Waals surface area contributed by atoms with Gasteiger partial charge in [0.1, 0.15) is 0 Å². The first-order valence-electron chi connectivity index (χ1n) is 4.79. The van der Waals surface area contributed by atoms with Crippen LogP contribution >= 0.6 is 22.9 Å². The second-order valence-electron chi connectivity index (χ2n) is 3.54. The Hall–Kier alpha value is -1.26. The van der Waals surface area contributed by atoms with Crippen LogP contribution in [-0.4, -0.2) is 12.0 Å². The van der Waals surface area contributed by atoms with E-state index >= 15 is 0 Å². The lowest BCUT2D eigenvalue weighted by molar-refractivity contribution is 1.14. The van der Waals surface area contributed by atoms with Crippen molar-refractivity contribution in [3.63, 3.8) is 0 Å². The summed E-state index contributed by atoms with van der Waals surface area (Å²) in [6.45, 7) is 1.98. The zero-order valence-corrected chi connectivity index (χ0v) is 10.6. The molecule has 16 heavy (non-hydrogen) atoms. The molecular weight excluding hydrogens is 242 g/mol. The number of nitrogen functional groups attached to an aromatic ring is 1. The van der Waals surface area contributed by atoms with Gasteiger partial charge in [-0.3, -0.25) is 0 Å². The van der Waals surface area contributed by atoms with Gasteiger partial charge in [0.25, 0.3) is 0 Å². The SMILES string of the molecule is Cc1csc(N(C)c2ccc(Cl)c(N)c2)n1. The standard InChI is InChI=1S/C11H12ClN3S/c1-7-6-16-11(14-7)15(2)8-3-4-9(12)10(13)5-8/h3-6H,13H2,1-2H3. The van der Waals surface area contributed by atoms with Crippen molar-refractivity contribution in [1.82, 2.24) is 4.98 Å². The molecule has 0 unspecified atom stereocenters. The predicted molar refractivity (Wildman–Crippen MR) is 70.8 cm³/mol. The normalized spacial score (nSPS) is 10.4. The van der Waals surface area contributed by atoms with Crippen molar-refractivity contribution in [3.8, 4) is 0 Å². The Labute approximate surface area is 103 Å². The highest BCUT2D eigenvalue weighted by atomic mass is 35.5. The van der Waals surface area contributed by atoms with Crippen LogP contribution in [0.3, 0.4) is 0 Å². The lowest BCUT2D eigenvalue weighted by Gasteiger charge is -2.16. The molecule has 3 nitrogen and oxygen atoms in total. The summed E-state index contributed by atoms with van der Waals surface area (Å²) in [5, 5.41) is 3.54. The molecule has 84 valence electrons. The lowest BCUT2D eigenvalue weighted by atomic mass is 10.2. The van der Waals surface area contributed by atoms with Gasteiger partial charge in [-0.15, -0.1) is 11.3 Å². The first-order chi connectivity index (χ1) is 7.58. The molecular formula is C11H12ClN3S. The fourth-order valence-electron chi connectivity index (χ4n) is 1.35. The Morgan fingerprint density at radius 1 is 1.44 bits per heavy atom. The van der Waals surface area contributed by atoms with Crippen LogP contribution in [0.4, 0.5) is 16.5 Å². The molecule has 0 saturated carbocycles. The Balaban J connectivity index is 2.33. The highest BCUT2D eigenvalue weighted by Gasteiger charge is 2.08. The van der Waals surface area contributed by atoms with E-state index in [0.717, 1.165) is 16.5 Å². The van der Waals surface area contributed by atoms with Crippen molar-refractivity contribution in [2.45, 2.75) is 6.92 Å². The molecule has 0 amide bonds. The average molecular weight is 254 g/mol. The van der Waals surface area contributed by atoms with E-state index in [0.29, 0.717) is 10.7 Å². The van der Waals surface area contributed by atoms with Gasteiger partial charge in [0, 0.05) is 18.1 Å². The number of aromatic nitrogens is 1. The maximum atomic E-state index is 5.88. The van der Waals surface area contributed by atoms with E-state index in [4.69, 9.17) is 17.3 Å². The quantitative estimate of drug-likeness (QED) is 0.834. The van der Waals surface area contributed by atoms with Crippen LogP contribution in [0.2, 0.25) is 5.02 Å². The molecule has 1 heterocycles. The number of nitrogens with two attached hydrogens (primary N) is 1. The number of nitrogens with zero attached hydrogens (tertiary/aromatic N) is 2. The van der Waals surface area contributed by atoms with E-state index in [2.05, 4.69) is 4.98 Å². The fourth-order valence-corrected chi connectivity index (χ4v) is 2.25. The maximum absolute atomic E-state index is 5.88. The Bertz CT molecular complexity index is 510. The monoisotopic (exact) mass is 253 g/mol. The van der Waals surface area contributed by atoms with Gasteiger partial charge >= 0.3 is 0 Å². The van der Waals surface area contributed by atoms with Crippen molar-refractivity contribution >= 4 is 39.4 Å². The molecule has 0 bridgehead atoms. The summed E-state index contributed by atoms with van der Waals surface area (Å²) in [5.74, 6) is 0. The number of anilines is 3. The van der Waals surface area contributed by atoms with E-state index in [1.54, 1.807) is 17.4 Å². The van der Waals surface area contributed by atoms with E-state index in [9.17, 15) is 0 Å². The minimum Gasteiger partial charge on any atom is -0.397 e. The summed E-state index contributed by atoms with van der Waals surface area (Å²) >= 11 is 7.48. The first kappa shape index (κ1) is 11.2. The molecule has 1 aromatic heterocycles. The van der Waals surface area contributed by atoms with Crippen molar-refractivity contribution < 1.29 is 0 Å². The third-order valence-electron chi connectivity index (χ3n) is 2.26. The van der Waals surface area contributed by atoms with Crippen LogP contribution in [-0.2, 0) is 0 Å². The number of hydrogen-bond acceptors (Lipinski definition) is 4. The van der Waals surface area contributed by atoms with Crippen molar-refractivity contribution in [1.29, 1.82) is 0 Å². The molecule has 0 aliphatic rings. The van der Waals surface area contributed by atoms with Crippen molar-refractivity contribution in [3.05, 3.63) is 34.3 Å². The summed E-state index contributed by atoms with van der Waals surface area (Å²) in [6, 6.07) is 5.57. The second-order valence-corrected chi connectivity index (χ2v) is 4.78. The summed E-state index contributed by atoms with van der Waals surface area (Å²) in [6.07, 6.45) is 0. The van der Waals surface area contributed by atoms with Gasteiger partial charge < -0.3 is 10.6 Å². The molecule has 0 aliphatic carbocycles. The van der Waals surface area contributed by atoms with Crippen LogP contribution < -0.4 is 10.6 Å². The van der Waals surface area contributed by atoms with Gasteiger partial charge in [-0.05, 0) is 25.1 Å². The van der Waals surface area contributed by atoms with Crippen LogP contribution in [0.15, 0.2) is 23.6 Å². The van der Waals surface area contributed by atoms with Gasteiger partial charge in [0.15, 0.2) is 5.13 Å². The Morgan fingerprint density at radius 2 is 2.19 bits per heavy atom. The molecule has 2 aromatic rings. The van der Waals surface area contributed by atoms with Crippen LogP contribution in [0, 0.1) is 6.92 Å². The topological polar surface area (TPSA) is 42.1 Å². The van der Waals surface area contributed by atoms with E-state index in [1.807, 2.05) is 36.4 Å². The van der Waals surface area contributed by atoms with Crippen molar-refractivity contribution in [2.75, 3.05) is 17.7 Å². The molecule has 2 N–H and O–H groups in total. The molecule has 5 heteroatoms. The molecule has 0 radical (unpaired) electrons. The molecule has 2 rings (SSSR count). The van der Waals surface area contributed by atoms with Crippen LogP contribution in [0.25, 0.3) is 0 Å². The smallest absolute Gasteiger partial charge is 0.189 e. The molecule has 0 fully saturated rings. The third kappa shape index (κ3) is 2.13. The van der Waals surface area contributed by atoms with Gasteiger partial charge in [-0.25, -0.2) is 4.98 Å². The van der Waals surface area contributed by atoms with Gasteiger partial charge in [0.2, 0.25) is 0 Å². The zero-order chi connectivity index (χ0) is 11.7. The molecule has 0 atom stereocenters. The van der Waals surface area contributed by atoms with Crippen LogP contribution in [0.5, 0.6) is 0 Å². The highest BCUT2D eigenvalue weighted by molar-refractivity contribution is 7.13.